The van der Waals surface area contributed by atoms with E-state index in [-0.39, 0.29) is 12.7 Å². The molecule has 11 nitrogen and oxygen atoms in total. The van der Waals surface area contributed by atoms with Gasteiger partial charge in [-0.2, -0.15) is 4.98 Å². The van der Waals surface area contributed by atoms with Gasteiger partial charge in [0.1, 0.15) is 11.8 Å². The largest absolute Gasteiger partial charge is 0.462 e. The quantitative estimate of drug-likeness (QED) is 0.214. The van der Waals surface area contributed by atoms with Crippen LogP contribution in [0.15, 0.2) is 41.3 Å². The van der Waals surface area contributed by atoms with Crippen molar-refractivity contribution in [3.63, 3.8) is 0 Å². The van der Waals surface area contributed by atoms with Crippen molar-refractivity contribution in [2.24, 2.45) is 11.3 Å². The SMILES string of the molecule is COC(C(F)C(C)(COP(NC(C)C(=O)OC(C)C)Oc1ccccc1)C(C)CO)n1cc(F)c(N)nc1=O. The van der Waals surface area contributed by atoms with Gasteiger partial charge in [0.05, 0.1) is 18.9 Å². The van der Waals surface area contributed by atoms with Crippen molar-refractivity contribution in [3.05, 3.63) is 52.8 Å². The fourth-order valence-electron chi connectivity index (χ4n) is 3.45. The highest BCUT2D eigenvalue weighted by atomic mass is 31.2. The molecule has 0 spiro atoms. The summed E-state index contributed by atoms with van der Waals surface area (Å²) in [6.07, 6.45) is -3.27. The molecule has 0 aliphatic carbocycles. The van der Waals surface area contributed by atoms with Crippen LogP contribution in [0.25, 0.3) is 0 Å². The molecular weight excluding hydrogens is 537 g/mol. The van der Waals surface area contributed by atoms with Gasteiger partial charge < -0.3 is 29.4 Å². The van der Waals surface area contributed by atoms with Crippen LogP contribution in [0.5, 0.6) is 5.75 Å². The zero-order valence-electron chi connectivity index (χ0n) is 22.8. The summed E-state index contributed by atoms with van der Waals surface area (Å²) in [7, 11) is -0.893. The topological polar surface area (TPSA) is 147 Å². The lowest BCUT2D eigenvalue weighted by atomic mass is 9.74. The number of ether oxygens (including phenoxy) is 2. The minimum Gasteiger partial charge on any atom is -0.462 e. The smallest absolute Gasteiger partial charge is 0.351 e. The molecule has 1 heterocycles. The molecule has 0 bridgehead atoms. The summed E-state index contributed by atoms with van der Waals surface area (Å²) in [6, 6.07) is 7.81. The second-order valence-corrected chi connectivity index (χ2v) is 10.8. The fourth-order valence-corrected chi connectivity index (χ4v) is 4.76. The number of nitrogens with zero attached hydrogens (tertiary/aromatic N) is 2. The summed E-state index contributed by atoms with van der Waals surface area (Å²) in [5, 5.41) is 12.9. The van der Waals surface area contributed by atoms with E-state index in [9.17, 15) is 19.1 Å². The van der Waals surface area contributed by atoms with E-state index in [2.05, 4.69) is 10.1 Å². The minimum absolute atomic E-state index is 0.341. The molecule has 4 N–H and O–H groups in total. The number of carbonyl (C=O) groups excluding carboxylic acids is 1. The lowest BCUT2D eigenvalue weighted by molar-refractivity contribution is -0.149. The summed E-state index contributed by atoms with van der Waals surface area (Å²) < 4.78 is 53.5. The fraction of sp³-hybridized carbons (Fsp3) is 0.560. The summed E-state index contributed by atoms with van der Waals surface area (Å²) in [5.74, 6) is -2.49. The maximum Gasteiger partial charge on any atom is 0.351 e. The molecule has 1 aromatic carbocycles. The first kappa shape index (κ1) is 32.5. The molecule has 39 heavy (non-hydrogen) atoms. The van der Waals surface area contributed by atoms with Crippen LogP contribution in [-0.4, -0.2) is 59.3 Å². The number of nitrogens with two attached hydrogens (primary N) is 1. The number of aliphatic hydroxyl groups excluding tert-OH is 1. The van der Waals surface area contributed by atoms with E-state index in [0.717, 1.165) is 7.11 Å². The second kappa shape index (κ2) is 14.6. The average molecular weight is 575 g/mol. The number of para-hydroxylation sites is 1. The van der Waals surface area contributed by atoms with E-state index in [1.165, 1.54) is 6.92 Å². The van der Waals surface area contributed by atoms with E-state index in [1.54, 1.807) is 58.0 Å². The Morgan fingerprint density at radius 3 is 2.46 bits per heavy atom. The maximum absolute atomic E-state index is 16.3. The van der Waals surface area contributed by atoms with Gasteiger partial charge >= 0.3 is 20.2 Å². The average Bonchev–Trinajstić information content (AvgIpc) is 2.89. The van der Waals surface area contributed by atoms with Gasteiger partial charge in [-0.1, -0.05) is 32.0 Å². The van der Waals surface area contributed by atoms with Crippen LogP contribution in [0, 0.1) is 17.2 Å². The molecule has 6 atom stereocenters. The Bertz CT molecular complexity index is 1130. The number of nitrogens with one attached hydrogen (secondary N) is 1. The Morgan fingerprint density at radius 2 is 1.90 bits per heavy atom. The van der Waals surface area contributed by atoms with E-state index < -0.39 is 68.2 Å². The lowest BCUT2D eigenvalue weighted by Crippen LogP contribution is -2.48. The Labute approximate surface area is 227 Å². The lowest BCUT2D eigenvalue weighted by Gasteiger charge is -2.41. The summed E-state index contributed by atoms with van der Waals surface area (Å²) in [4.78, 5) is 28.2. The zero-order chi connectivity index (χ0) is 29.3. The second-order valence-electron chi connectivity index (χ2n) is 9.55. The Kier molecular flexibility index (Phi) is 12.2. The molecule has 2 aromatic rings. The van der Waals surface area contributed by atoms with Crippen LogP contribution < -0.4 is 21.0 Å². The highest BCUT2D eigenvalue weighted by Crippen LogP contribution is 2.44. The Morgan fingerprint density at radius 1 is 1.26 bits per heavy atom. The van der Waals surface area contributed by atoms with Crippen LogP contribution in [0.2, 0.25) is 0 Å². The molecule has 0 amide bonds. The molecule has 6 unspecified atom stereocenters. The number of rotatable bonds is 15. The van der Waals surface area contributed by atoms with Crippen LogP contribution in [0.4, 0.5) is 14.6 Å². The monoisotopic (exact) mass is 574 g/mol. The van der Waals surface area contributed by atoms with E-state index in [1.807, 2.05) is 0 Å². The zero-order valence-corrected chi connectivity index (χ0v) is 23.7. The van der Waals surface area contributed by atoms with E-state index in [4.69, 9.17) is 24.3 Å². The summed E-state index contributed by atoms with van der Waals surface area (Å²) >= 11 is 0. The van der Waals surface area contributed by atoms with Gasteiger partial charge in [-0.05, 0) is 38.8 Å². The predicted octanol–water partition coefficient (Wildman–Crippen LogP) is 3.33. The normalized spacial score (nSPS) is 17.1. The number of aliphatic hydroxyl groups is 1. The van der Waals surface area contributed by atoms with Gasteiger partial charge in [-0.3, -0.25) is 9.36 Å². The molecule has 2 rings (SSSR count). The van der Waals surface area contributed by atoms with Crippen molar-refractivity contribution < 1.29 is 37.2 Å². The van der Waals surface area contributed by atoms with Crippen LogP contribution in [-0.2, 0) is 18.8 Å². The maximum atomic E-state index is 16.3. The number of alkyl halides is 1. The molecular formula is C25H37F2N4O7P. The number of esters is 1. The van der Waals surface area contributed by atoms with E-state index in [0.29, 0.717) is 16.5 Å². The van der Waals surface area contributed by atoms with Crippen LogP contribution in [0.3, 0.4) is 0 Å². The van der Waals surface area contributed by atoms with Gasteiger partial charge in [0, 0.05) is 19.1 Å². The summed E-state index contributed by atoms with van der Waals surface area (Å²) in [6.45, 7) is 7.28. The molecule has 0 fully saturated rings. The van der Waals surface area contributed by atoms with Crippen molar-refractivity contribution in [3.8, 4) is 5.75 Å². The summed E-state index contributed by atoms with van der Waals surface area (Å²) in [5.41, 5.74) is 2.84. The number of benzene rings is 1. The highest BCUT2D eigenvalue weighted by molar-refractivity contribution is 7.45. The number of halogens is 2. The van der Waals surface area contributed by atoms with Crippen molar-refractivity contribution in [2.75, 3.05) is 26.1 Å². The van der Waals surface area contributed by atoms with Gasteiger partial charge in [0.25, 0.3) is 0 Å². The number of aromatic nitrogens is 2. The van der Waals surface area contributed by atoms with Crippen molar-refractivity contribution in [1.82, 2.24) is 14.6 Å². The van der Waals surface area contributed by atoms with Crippen molar-refractivity contribution in [1.29, 1.82) is 0 Å². The molecule has 0 aliphatic heterocycles. The molecule has 218 valence electrons. The first-order valence-electron chi connectivity index (χ1n) is 12.3. The van der Waals surface area contributed by atoms with Gasteiger partial charge in [0.2, 0.25) is 0 Å². The molecule has 0 saturated heterocycles. The first-order valence-corrected chi connectivity index (χ1v) is 13.5. The van der Waals surface area contributed by atoms with Crippen molar-refractivity contribution in [2.45, 2.75) is 59.2 Å². The molecule has 0 saturated carbocycles. The third-order valence-electron chi connectivity index (χ3n) is 6.16. The Hall–Kier alpha value is -2.70. The minimum atomic E-state index is -2.04. The molecule has 0 aliphatic rings. The van der Waals surface area contributed by atoms with E-state index >= 15 is 4.39 Å². The number of hydrogen-bond acceptors (Lipinski definition) is 10. The number of methoxy groups -OCH3 is 1. The third-order valence-corrected chi connectivity index (χ3v) is 7.50. The van der Waals surface area contributed by atoms with Gasteiger partial charge in [0.15, 0.2) is 24.0 Å². The Balaban J connectivity index is 2.36. The molecule has 14 heteroatoms. The molecule has 0 radical (unpaired) electrons. The third kappa shape index (κ3) is 8.64. The van der Waals surface area contributed by atoms with Crippen molar-refractivity contribution >= 4 is 20.3 Å². The first-order chi connectivity index (χ1) is 18.3. The van der Waals surface area contributed by atoms with Crippen LogP contribution in [0.1, 0.15) is 40.8 Å². The molecule has 1 aromatic heterocycles. The highest BCUT2D eigenvalue weighted by Gasteiger charge is 2.46. The predicted molar refractivity (Wildman–Crippen MR) is 142 cm³/mol. The number of anilines is 1. The number of carbonyl (C=O) groups is 1. The number of nitrogen functional groups attached to an aromatic ring is 1. The standard InChI is InChI=1S/C25H37F2N4O7P/c1-15(2)37-23(33)17(4)30-39(38-18-10-8-7-9-11-18)36-14-25(5,16(3)13-32)20(27)22(35-6)31-12-19(26)21(28)29-24(31)34/h7-12,15-17,20,22,30,32H,13-14H2,1-6H3,(H2,28,29,34). The van der Waals surface area contributed by atoms with Gasteiger partial charge in [-0.25, -0.2) is 18.7 Å². The van der Waals surface area contributed by atoms with Crippen LogP contribution >= 0.6 is 8.53 Å². The van der Waals surface area contributed by atoms with Gasteiger partial charge in [-0.15, -0.1) is 0 Å². The number of hydrogen-bond donors (Lipinski definition) is 3.